The average Bonchev–Trinajstić information content (AvgIpc) is 3.16. The third-order valence-electron chi connectivity index (χ3n) is 3.56. The maximum Gasteiger partial charge on any atom is 0.416 e. The van der Waals surface area contributed by atoms with E-state index in [0.29, 0.717) is 11.7 Å². The summed E-state index contributed by atoms with van der Waals surface area (Å²) in [6, 6.07) is 5.89. The number of thioether (sulfide) groups is 1. The van der Waals surface area contributed by atoms with Crippen molar-refractivity contribution in [2.45, 2.75) is 19.0 Å². The van der Waals surface area contributed by atoms with Crippen molar-refractivity contribution < 1.29 is 14.3 Å². The normalized spacial score (nSPS) is 14.2. The molecule has 1 aliphatic heterocycles. The molecule has 23 heavy (non-hydrogen) atoms. The number of cyclic esters (lactones) is 1. The van der Waals surface area contributed by atoms with E-state index in [-0.39, 0.29) is 18.3 Å². The number of rotatable bonds is 4. The Morgan fingerprint density at radius 3 is 2.87 bits per heavy atom. The topological polar surface area (TPSA) is 90.2 Å². The number of amides is 2. The summed E-state index contributed by atoms with van der Waals surface area (Å²) in [4.78, 5) is 24.5. The first kappa shape index (κ1) is 15.5. The Bertz CT molecular complexity index is 761. The van der Waals surface area contributed by atoms with Crippen molar-refractivity contribution >= 4 is 23.8 Å². The van der Waals surface area contributed by atoms with Gasteiger partial charge in [0.15, 0.2) is 0 Å². The smallest absolute Gasteiger partial charge is 0.416 e. The predicted molar refractivity (Wildman–Crippen MR) is 82.4 cm³/mol. The first-order valence-corrected chi connectivity index (χ1v) is 8.01. The monoisotopic (exact) mass is 333 g/mol. The number of tetrazole rings is 1. The Morgan fingerprint density at radius 1 is 1.35 bits per heavy atom. The van der Waals surface area contributed by atoms with E-state index in [1.807, 2.05) is 32.0 Å². The summed E-state index contributed by atoms with van der Waals surface area (Å²) in [6.45, 7) is 4.58. The van der Waals surface area contributed by atoms with Crippen molar-refractivity contribution in [3.05, 3.63) is 29.3 Å². The summed E-state index contributed by atoms with van der Waals surface area (Å²) < 4.78 is 6.33. The summed E-state index contributed by atoms with van der Waals surface area (Å²) in [5.74, 6) is -0.243. The van der Waals surface area contributed by atoms with Gasteiger partial charge in [-0.1, -0.05) is 17.8 Å². The molecule has 8 nitrogen and oxygen atoms in total. The second-order valence-electron chi connectivity index (χ2n) is 5.09. The lowest BCUT2D eigenvalue weighted by molar-refractivity contribution is -0.125. The highest BCUT2D eigenvalue weighted by Crippen LogP contribution is 2.21. The van der Waals surface area contributed by atoms with Crippen molar-refractivity contribution in [1.82, 2.24) is 25.1 Å². The summed E-state index contributed by atoms with van der Waals surface area (Å²) in [7, 11) is 0. The Morgan fingerprint density at radius 2 is 2.17 bits per heavy atom. The Hall–Kier alpha value is -2.42. The van der Waals surface area contributed by atoms with Crippen LogP contribution in [0.3, 0.4) is 0 Å². The lowest BCUT2D eigenvalue weighted by Crippen LogP contribution is -2.33. The number of imide groups is 1. The van der Waals surface area contributed by atoms with Gasteiger partial charge in [0.25, 0.3) is 0 Å². The SMILES string of the molecule is Cc1ccc(-n2nnnc2SCC(=O)N2CCOC2=O)cc1C. The van der Waals surface area contributed by atoms with Crippen molar-refractivity contribution in [2.24, 2.45) is 0 Å². The lowest BCUT2D eigenvalue weighted by Gasteiger charge is -2.10. The Balaban J connectivity index is 1.72. The van der Waals surface area contributed by atoms with E-state index in [0.717, 1.165) is 16.2 Å². The minimum atomic E-state index is -0.593. The summed E-state index contributed by atoms with van der Waals surface area (Å²) in [6.07, 6.45) is -0.593. The number of hydrogen-bond donors (Lipinski definition) is 0. The van der Waals surface area contributed by atoms with Crippen LogP contribution in [0.2, 0.25) is 0 Å². The van der Waals surface area contributed by atoms with E-state index >= 15 is 0 Å². The molecule has 0 bridgehead atoms. The number of carbonyl (C=O) groups is 2. The molecule has 3 rings (SSSR count). The third-order valence-corrected chi connectivity index (χ3v) is 4.47. The number of aryl methyl sites for hydroxylation is 2. The van der Waals surface area contributed by atoms with Crippen LogP contribution in [0.5, 0.6) is 0 Å². The molecule has 1 aromatic heterocycles. The highest BCUT2D eigenvalue weighted by molar-refractivity contribution is 7.99. The second-order valence-corrected chi connectivity index (χ2v) is 6.03. The molecule has 9 heteroatoms. The van der Waals surface area contributed by atoms with Crippen LogP contribution in [0.4, 0.5) is 4.79 Å². The fourth-order valence-electron chi connectivity index (χ4n) is 2.11. The summed E-state index contributed by atoms with van der Waals surface area (Å²) >= 11 is 1.18. The highest BCUT2D eigenvalue weighted by Gasteiger charge is 2.28. The van der Waals surface area contributed by atoms with Crippen LogP contribution in [0.1, 0.15) is 11.1 Å². The van der Waals surface area contributed by atoms with Crippen molar-refractivity contribution in [3.63, 3.8) is 0 Å². The van der Waals surface area contributed by atoms with Gasteiger partial charge in [0.2, 0.25) is 11.1 Å². The molecule has 0 N–H and O–H groups in total. The predicted octanol–water partition coefficient (Wildman–Crippen LogP) is 1.35. The number of benzene rings is 1. The second kappa shape index (κ2) is 6.37. The van der Waals surface area contributed by atoms with Crippen LogP contribution in [0, 0.1) is 13.8 Å². The lowest BCUT2D eigenvalue weighted by atomic mass is 10.1. The fourth-order valence-corrected chi connectivity index (χ4v) is 2.88. The molecule has 0 unspecified atom stereocenters. The Kier molecular flexibility index (Phi) is 4.28. The van der Waals surface area contributed by atoms with Crippen LogP contribution in [0.25, 0.3) is 5.69 Å². The van der Waals surface area contributed by atoms with Gasteiger partial charge in [-0.15, -0.1) is 5.10 Å². The molecule has 1 fully saturated rings. The first-order chi connectivity index (χ1) is 11.1. The van der Waals surface area contributed by atoms with E-state index in [4.69, 9.17) is 4.74 Å². The molecule has 0 spiro atoms. The number of nitrogens with zero attached hydrogens (tertiary/aromatic N) is 5. The minimum Gasteiger partial charge on any atom is -0.447 e. The molecular formula is C14H15N5O3S. The van der Waals surface area contributed by atoms with E-state index in [1.165, 1.54) is 17.3 Å². The number of aromatic nitrogens is 4. The standard InChI is InChI=1S/C14H15N5O3S/c1-9-3-4-11(7-10(9)2)19-13(15-16-17-19)23-8-12(20)18-5-6-22-14(18)21/h3-4,7H,5-6,8H2,1-2H3. The zero-order valence-electron chi connectivity index (χ0n) is 12.7. The molecule has 0 saturated carbocycles. The fraction of sp³-hybridized carbons (Fsp3) is 0.357. The van der Waals surface area contributed by atoms with E-state index in [9.17, 15) is 9.59 Å². The van der Waals surface area contributed by atoms with Gasteiger partial charge in [-0.25, -0.2) is 9.69 Å². The molecule has 1 aliphatic rings. The third kappa shape index (κ3) is 3.19. The van der Waals surface area contributed by atoms with Gasteiger partial charge < -0.3 is 4.74 Å². The van der Waals surface area contributed by atoms with Gasteiger partial charge in [-0.05, 0) is 47.5 Å². The number of ether oxygens (including phenoxy) is 1. The van der Waals surface area contributed by atoms with Crippen LogP contribution >= 0.6 is 11.8 Å². The molecule has 0 atom stereocenters. The molecule has 0 radical (unpaired) electrons. The molecular weight excluding hydrogens is 318 g/mol. The van der Waals surface area contributed by atoms with E-state index in [1.54, 1.807) is 4.68 Å². The van der Waals surface area contributed by atoms with Gasteiger partial charge in [0.1, 0.15) is 6.61 Å². The molecule has 0 aliphatic carbocycles. The maximum absolute atomic E-state index is 12.0. The van der Waals surface area contributed by atoms with Crippen LogP contribution in [-0.2, 0) is 9.53 Å². The van der Waals surface area contributed by atoms with Crippen LogP contribution < -0.4 is 0 Å². The molecule has 1 saturated heterocycles. The zero-order chi connectivity index (χ0) is 16.4. The number of carbonyl (C=O) groups excluding carboxylic acids is 2. The summed E-state index contributed by atoms with van der Waals surface area (Å²) in [5.41, 5.74) is 3.14. The molecule has 2 amide bonds. The number of hydrogen-bond acceptors (Lipinski definition) is 7. The van der Waals surface area contributed by atoms with Gasteiger partial charge in [0.05, 0.1) is 18.0 Å². The minimum absolute atomic E-state index is 0.0698. The van der Waals surface area contributed by atoms with Crippen molar-refractivity contribution in [3.8, 4) is 5.69 Å². The van der Waals surface area contributed by atoms with Gasteiger partial charge in [-0.2, -0.15) is 4.68 Å². The highest BCUT2D eigenvalue weighted by atomic mass is 32.2. The molecule has 2 aromatic rings. The van der Waals surface area contributed by atoms with Gasteiger partial charge in [-0.3, -0.25) is 4.79 Å². The first-order valence-electron chi connectivity index (χ1n) is 7.02. The van der Waals surface area contributed by atoms with Crippen molar-refractivity contribution in [1.29, 1.82) is 0 Å². The van der Waals surface area contributed by atoms with Crippen molar-refractivity contribution in [2.75, 3.05) is 18.9 Å². The largest absolute Gasteiger partial charge is 0.447 e. The van der Waals surface area contributed by atoms with E-state index in [2.05, 4.69) is 15.5 Å². The average molecular weight is 333 g/mol. The summed E-state index contributed by atoms with van der Waals surface area (Å²) in [5, 5.41) is 12.1. The van der Waals surface area contributed by atoms with Crippen LogP contribution in [-0.4, -0.2) is 56.0 Å². The van der Waals surface area contributed by atoms with E-state index < -0.39 is 6.09 Å². The molecule has 1 aromatic carbocycles. The quantitative estimate of drug-likeness (QED) is 0.780. The molecule has 2 heterocycles. The maximum atomic E-state index is 12.0. The zero-order valence-corrected chi connectivity index (χ0v) is 13.5. The van der Waals surface area contributed by atoms with Crippen LogP contribution in [0.15, 0.2) is 23.4 Å². The molecule has 120 valence electrons. The van der Waals surface area contributed by atoms with Gasteiger partial charge in [0, 0.05) is 0 Å². The Labute approximate surface area is 136 Å². The van der Waals surface area contributed by atoms with Gasteiger partial charge >= 0.3 is 6.09 Å².